The van der Waals surface area contributed by atoms with Crippen molar-refractivity contribution >= 4 is 33.3 Å². The van der Waals surface area contributed by atoms with Crippen LogP contribution in [0.2, 0.25) is 0 Å². The highest BCUT2D eigenvalue weighted by Crippen LogP contribution is 2.41. The van der Waals surface area contributed by atoms with Gasteiger partial charge in [-0.05, 0) is 95.1 Å². The van der Waals surface area contributed by atoms with Crippen LogP contribution in [0.4, 0.5) is 0 Å². The first-order valence-electron chi connectivity index (χ1n) is 10.9. The number of nitrogens with one attached hydrogen (secondary N) is 1. The summed E-state index contributed by atoms with van der Waals surface area (Å²) < 4.78 is 3.40. The minimum absolute atomic E-state index is 0.0134. The fourth-order valence-electron chi connectivity index (χ4n) is 4.64. The number of rotatable bonds is 7. The van der Waals surface area contributed by atoms with E-state index in [0.717, 1.165) is 40.5 Å². The Hall–Kier alpha value is -2.22. The van der Waals surface area contributed by atoms with Crippen molar-refractivity contribution in [3.8, 4) is 5.69 Å². The molecule has 0 spiro atoms. The van der Waals surface area contributed by atoms with Crippen LogP contribution >= 0.6 is 28.1 Å². The molecule has 1 aliphatic heterocycles. The lowest BCUT2D eigenvalue weighted by Gasteiger charge is -2.28. The van der Waals surface area contributed by atoms with E-state index in [4.69, 9.17) is 12.2 Å². The summed E-state index contributed by atoms with van der Waals surface area (Å²) in [5, 5.41) is 4.38. The Bertz CT molecular complexity index is 1090. The summed E-state index contributed by atoms with van der Waals surface area (Å²) in [6.45, 7) is 6.30. The smallest absolute Gasteiger partial charge is 0.170 e. The molecule has 1 fully saturated rings. The summed E-state index contributed by atoms with van der Waals surface area (Å²) in [5.41, 5.74) is 5.90. The van der Waals surface area contributed by atoms with E-state index < -0.39 is 0 Å². The molecule has 4 rings (SSSR count). The van der Waals surface area contributed by atoms with Crippen LogP contribution < -0.4 is 5.32 Å². The molecule has 1 N–H and O–H groups in total. The maximum absolute atomic E-state index is 5.83. The highest BCUT2D eigenvalue weighted by Gasteiger charge is 2.41. The second-order valence-electron chi connectivity index (χ2n) is 8.62. The molecule has 1 aromatic carbocycles. The molecule has 5 nitrogen and oxygen atoms in total. The molecule has 0 amide bonds. The Morgan fingerprint density at radius 2 is 1.94 bits per heavy atom. The van der Waals surface area contributed by atoms with Crippen LogP contribution in [-0.2, 0) is 0 Å². The van der Waals surface area contributed by atoms with Crippen LogP contribution in [0.25, 0.3) is 5.69 Å². The number of aromatic nitrogens is 2. The number of hydrogen-bond acceptors (Lipinski definition) is 3. The number of pyridine rings is 1. The average molecular weight is 513 g/mol. The third-order valence-corrected chi connectivity index (χ3v) is 6.90. The monoisotopic (exact) mass is 511 g/mol. The molecular weight excluding hydrogens is 482 g/mol. The molecule has 0 unspecified atom stereocenters. The molecule has 1 saturated heterocycles. The number of nitrogens with zero attached hydrogens (tertiary/aromatic N) is 4. The van der Waals surface area contributed by atoms with Crippen molar-refractivity contribution in [3.63, 3.8) is 0 Å². The molecule has 2 atom stereocenters. The molecule has 7 heteroatoms. The van der Waals surface area contributed by atoms with Gasteiger partial charge in [-0.3, -0.25) is 4.98 Å². The van der Waals surface area contributed by atoms with E-state index in [2.05, 4.69) is 105 Å². The largest absolute Gasteiger partial charge is 0.352 e. The zero-order valence-electron chi connectivity index (χ0n) is 19.0. The van der Waals surface area contributed by atoms with Crippen LogP contribution in [0, 0.1) is 13.8 Å². The highest BCUT2D eigenvalue weighted by molar-refractivity contribution is 9.10. The topological polar surface area (TPSA) is 36.3 Å². The van der Waals surface area contributed by atoms with Crippen LogP contribution in [0.3, 0.4) is 0 Å². The number of aryl methyl sites for hydroxylation is 1. The van der Waals surface area contributed by atoms with Crippen molar-refractivity contribution in [1.29, 1.82) is 0 Å². The molecule has 0 radical (unpaired) electrons. The summed E-state index contributed by atoms with van der Waals surface area (Å²) >= 11 is 9.45. The van der Waals surface area contributed by atoms with E-state index >= 15 is 0 Å². The second kappa shape index (κ2) is 9.73. The standard InChI is InChI=1S/C25H30BrN5S/c1-17-15-21(18(2)31(17)20-10-7-9-19(26)16-20)24-23(22-11-5-6-12-27-22)28-25(32)30(24)14-8-13-29(3)4/h5-7,9-12,15-16,23-24H,8,13-14H2,1-4H3,(H,28,32)/t23-,24-/m1/s1. The first kappa shape index (κ1) is 23.0. The molecular formula is C25H30BrN5S. The van der Waals surface area contributed by atoms with E-state index in [0.29, 0.717) is 0 Å². The van der Waals surface area contributed by atoms with E-state index in [1.165, 1.54) is 17.0 Å². The molecule has 3 heterocycles. The van der Waals surface area contributed by atoms with Crippen LogP contribution in [-0.4, -0.2) is 51.6 Å². The fourth-order valence-corrected chi connectivity index (χ4v) is 5.36. The van der Waals surface area contributed by atoms with E-state index in [-0.39, 0.29) is 12.1 Å². The molecule has 2 aromatic heterocycles. The normalized spacial score (nSPS) is 18.4. The Kier molecular flexibility index (Phi) is 6.98. The van der Waals surface area contributed by atoms with E-state index in [1.807, 2.05) is 18.3 Å². The third-order valence-electron chi connectivity index (χ3n) is 6.06. The van der Waals surface area contributed by atoms with Crippen molar-refractivity contribution in [2.24, 2.45) is 0 Å². The SMILES string of the molecule is Cc1cc([C@@H]2[C@@H](c3ccccn3)NC(=S)N2CCCN(C)C)c(C)n1-c1cccc(Br)c1. The van der Waals surface area contributed by atoms with Gasteiger partial charge in [0.05, 0.1) is 17.8 Å². The van der Waals surface area contributed by atoms with Gasteiger partial charge in [0.25, 0.3) is 0 Å². The van der Waals surface area contributed by atoms with Crippen molar-refractivity contribution in [2.45, 2.75) is 32.4 Å². The van der Waals surface area contributed by atoms with Gasteiger partial charge in [0.2, 0.25) is 0 Å². The Morgan fingerprint density at radius 3 is 2.62 bits per heavy atom. The third kappa shape index (κ3) is 4.60. The lowest BCUT2D eigenvalue weighted by atomic mass is 9.96. The first-order valence-corrected chi connectivity index (χ1v) is 12.1. The molecule has 0 saturated carbocycles. The van der Waals surface area contributed by atoms with Gasteiger partial charge in [-0.25, -0.2) is 0 Å². The lowest BCUT2D eigenvalue weighted by molar-refractivity contribution is 0.292. The fraction of sp³-hybridized carbons (Fsp3) is 0.360. The molecule has 1 aliphatic rings. The van der Waals surface area contributed by atoms with Gasteiger partial charge in [-0.2, -0.15) is 0 Å². The maximum atomic E-state index is 5.83. The molecule has 168 valence electrons. The minimum atomic E-state index is 0.0134. The number of benzene rings is 1. The van der Waals surface area contributed by atoms with Gasteiger partial charge >= 0.3 is 0 Å². The van der Waals surface area contributed by atoms with Gasteiger partial charge in [-0.1, -0.05) is 28.1 Å². The highest BCUT2D eigenvalue weighted by atomic mass is 79.9. The minimum Gasteiger partial charge on any atom is -0.352 e. The quantitative estimate of drug-likeness (QED) is 0.442. The van der Waals surface area contributed by atoms with Crippen LogP contribution in [0.1, 0.15) is 41.1 Å². The summed E-state index contributed by atoms with van der Waals surface area (Å²) in [4.78, 5) is 9.24. The number of hydrogen-bond donors (Lipinski definition) is 1. The van der Waals surface area contributed by atoms with E-state index in [1.54, 1.807) is 0 Å². The van der Waals surface area contributed by atoms with E-state index in [9.17, 15) is 0 Å². The Morgan fingerprint density at radius 1 is 1.12 bits per heavy atom. The number of thiocarbonyl (C=S) groups is 1. The lowest BCUT2D eigenvalue weighted by Crippen LogP contribution is -2.32. The first-order chi connectivity index (χ1) is 15.4. The zero-order valence-corrected chi connectivity index (χ0v) is 21.4. The predicted octanol–water partition coefficient (Wildman–Crippen LogP) is 5.18. The van der Waals surface area contributed by atoms with Gasteiger partial charge in [0, 0.05) is 34.3 Å². The molecule has 0 aliphatic carbocycles. The van der Waals surface area contributed by atoms with Gasteiger partial charge in [0.15, 0.2) is 5.11 Å². The predicted molar refractivity (Wildman–Crippen MR) is 138 cm³/mol. The molecule has 3 aromatic rings. The Balaban J connectivity index is 1.77. The number of halogens is 1. The van der Waals surface area contributed by atoms with Gasteiger partial charge < -0.3 is 19.7 Å². The van der Waals surface area contributed by atoms with Crippen molar-refractivity contribution in [3.05, 3.63) is 81.8 Å². The molecule has 32 heavy (non-hydrogen) atoms. The summed E-state index contributed by atoms with van der Waals surface area (Å²) in [6, 6.07) is 16.9. The summed E-state index contributed by atoms with van der Waals surface area (Å²) in [5.74, 6) is 0. The average Bonchev–Trinajstić information content (AvgIpc) is 3.24. The zero-order chi connectivity index (χ0) is 22.8. The van der Waals surface area contributed by atoms with Crippen LogP contribution in [0.5, 0.6) is 0 Å². The van der Waals surface area contributed by atoms with Crippen molar-refractivity contribution < 1.29 is 0 Å². The second-order valence-corrected chi connectivity index (χ2v) is 9.92. The Labute approximate surface area is 204 Å². The summed E-state index contributed by atoms with van der Waals surface area (Å²) in [6.07, 6.45) is 2.90. The summed E-state index contributed by atoms with van der Waals surface area (Å²) in [7, 11) is 4.22. The van der Waals surface area contributed by atoms with Crippen molar-refractivity contribution in [2.75, 3.05) is 27.2 Å². The van der Waals surface area contributed by atoms with Crippen molar-refractivity contribution in [1.82, 2.24) is 24.7 Å². The van der Waals surface area contributed by atoms with Gasteiger partial charge in [-0.15, -0.1) is 0 Å². The molecule has 0 bridgehead atoms. The maximum Gasteiger partial charge on any atom is 0.170 e. The van der Waals surface area contributed by atoms with Crippen LogP contribution in [0.15, 0.2) is 59.2 Å². The van der Waals surface area contributed by atoms with Gasteiger partial charge in [0.1, 0.15) is 0 Å².